The molecule has 0 radical (unpaired) electrons. The van der Waals surface area contributed by atoms with Crippen LogP contribution in [0.2, 0.25) is 0 Å². The molecule has 3 aromatic rings. The Morgan fingerprint density at radius 1 is 1.02 bits per heavy atom. The molecule has 0 spiro atoms. The van der Waals surface area contributed by atoms with Gasteiger partial charge in [0.25, 0.3) is 21.6 Å². The van der Waals surface area contributed by atoms with Crippen LogP contribution in [0.25, 0.3) is 16.7 Å². The summed E-state index contributed by atoms with van der Waals surface area (Å²) in [6.07, 6.45) is 6.36. The molecule has 1 fully saturated rings. The average Bonchev–Trinajstić information content (AvgIpc) is 3.69. The number of amides is 1. The quantitative estimate of drug-likeness (QED) is 0.209. The molecule has 4 heterocycles. The smallest absolute Gasteiger partial charge is 0.323 e. The molecule has 14 nitrogen and oxygen atoms in total. The predicted octanol–water partition coefficient (Wildman–Crippen LogP) is 0.247. The van der Waals surface area contributed by atoms with Crippen molar-refractivity contribution in [3.05, 3.63) is 74.2 Å². The van der Waals surface area contributed by atoms with Gasteiger partial charge in [-0.2, -0.15) is 8.42 Å². The van der Waals surface area contributed by atoms with E-state index in [0.29, 0.717) is 11.4 Å². The summed E-state index contributed by atoms with van der Waals surface area (Å²) in [5.41, 5.74) is 0.511. The van der Waals surface area contributed by atoms with Crippen LogP contribution in [0, 0.1) is 0 Å². The number of aliphatic carboxylic acids is 2. The highest BCUT2D eigenvalue weighted by molar-refractivity contribution is 8.30. The zero-order valence-corrected chi connectivity index (χ0v) is 24.9. The third-order valence-electron chi connectivity index (χ3n) is 6.10. The molecule has 0 saturated carbocycles. The van der Waals surface area contributed by atoms with Gasteiger partial charge in [-0.1, -0.05) is 24.0 Å². The number of allylic oxidation sites excluding steroid dienone is 1. The lowest BCUT2D eigenvalue weighted by molar-refractivity contribution is -0.140. The largest absolute Gasteiger partial charge is 0.480 e. The van der Waals surface area contributed by atoms with Crippen molar-refractivity contribution in [1.29, 1.82) is 0 Å². The van der Waals surface area contributed by atoms with Crippen molar-refractivity contribution in [1.82, 2.24) is 14.0 Å². The highest BCUT2D eigenvalue weighted by Crippen LogP contribution is 2.40. The molecule has 1 saturated heterocycles. The number of hydrogen-bond donors (Lipinski definition) is 3. The molecule has 224 valence electrons. The maximum atomic E-state index is 13.3. The minimum atomic E-state index is -4.34. The first-order chi connectivity index (χ1) is 20.3. The van der Waals surface area contributed by atoms with Gasteiger partial charge in [0.15, 0.2) is 5.75 Å². The molecule has 0 unspecified atom stereocenters. The third-order valence-corrected chi connectivity index (χ3v) is 9.52. The van der Waals surface area contributed by atoms with Gasteiger partial charge in [0.05, 0.1) is 16.0 Å². The van der Waals surface area contributed by atoms with Crippen molar-refractivity contribution in [2.24, 2.45) is 0 Å². The second kappa shape index (κ2) is 11.8. The number of benzene rings is 1. The highest BCUT2D eigenvalue weighted by atomic mass is 32.2. The normalized spacial score (nSPS) is 17.6. The molecule has 1 aromatic carbocycles. The van der Waals surface area contributed by atoms with E-state index in [2.05, 4.69) is 0 Å². The summed E-state index contributed by atoms with van der Waals surface area (Å²) in [6, 6.07) is 8.89. The molecule has 5 rings (SSSR count). The Labute approximate surface area is 255 Å². The van der Waals surface area contributed by atoms with Gasteiger partial charge in [-0.25, -0.2) is 0 Å². The second-order valence-corrected chi connectivity index (χ2v) is 13.2. The number of aromatic nitrogens is 2. The summed E-state index contributed by atoms with van der Waals surface area (Å²) >= 11 is 6.68. The standard InChI is InChI=1S/C25H20N4O10S4/c30-19(31)12-28-22(34)17(41-24(28)21-23(35)29(13-20(32)33)25(40)42-21)5-6-18-27(9-10-43(36,37)38)15-11-14(3-4-16(15)39-18)26-7-1-2-8-26/h1-8,11H,9-10,12-13H2,(H,30,31)(H,32,33)(H,36,37,38)/b17-5?,18-6?,24-21+. The Morgan fingerprint density at radius 3 is 2.37 bits per heavy atom. The molecular weight excluding hydrogens is 645 g/mol. The summed E-state index contributed by atoms with van der Waals surface area (Å²) in [7, 11) is -4.34. The lowest BCUT2D eigenvalue weighted by Gasteiger charge is -2.17. The van der Waals surface area contributed by atoms with Gasteiger partial charge in [-0.15, -0.1) is 11.3 Å². The number of rotatable bonds is 9. The molecule has 43 heavy (non-hydrogen) atoms. The zero-order chi connectivity index (χ0) is 31.1. The fraction of sp³-hybridized carbons (Fsp3) is 0.160. The number of carbonyl (C=O) groups excluding carboxylic acids is 1. The number of fused-ring (bicyclic) bond motifs is 1. The number of thioether (sulfide) groups is 1. The van der Waals surface area contributed by atoms with E-state index < -0.39 is 52.4 Å². The van der Waals surface area contributed by atoms with Gasteiger partial charge in [0.2, 0.25) is 5.88 Å². The minimum Gasteiger partial charge on any atom is -0.480 e. The maximum Gasteiger partial charge on any atom is 0.323 e. The number of hydrogen-bond acceptors (Lipinski definition) is 11. The molecule has 3 N–H and O–H groups in total. The molecule has 2 aromatic heterocycles. The van der Waals surface area contributed by atoms with Crippen molar-refractivity contribution in [3.8, 4) is 11.4 Å². The van der Waals surface area contributed by atoms with Crippen LogP contribution in [0.1, 0.15) is 0 Å². The first kappa shape index (κ1) is 30.2. The van der Waals surface area contributed by atoms with Crippen molar-refractivity contribution in [3.63, 3.8) is 0 Å². The molecule has 2 aliphatic heterocycles. The van der Waals surface area contributed by atoms with E-state index in [-0.39, 0.29) is 30.8 Å². The lowest BCUT2D eigenvalue weighted by Crippen LogP contribution is -2.36. The first-order valence-electron chi connectivity index (χ1n) is 12.1. The van der Waals surface area contributed by atoms with Gasteiger partial charge in [-0.3, -0.25) is 33.2 Å². The summed E-state index contributed by atoms with van der Waals surface area (Å²) < 4.78 is 41.1. The summed E-state index contributed by atoms with van der Waals surface area (Å²) in [5.74, 6) is -3.54. The van der Waals surface area contributed by atoms with E-state index in [4.69, 9.17) is 22.1 Å². The van der Waals surface area contributed by atoms with Crippen LogP contribution in [0.3, 0.4) is 0 Å². The highest BCUT2D eigenvalue weighted by Gasteiger charge is 2.35. The third kappa shape index (κ3) is 6.42. The second-order valence-electron chi connectivity index (χ2n) is 8.99. The van der Waals surface area contributed by atoms with Crippen LogP contribution in [-0.4, -0.2) is 78.2 Å². The molecule has 0 atom stereocenters. The van der Waals surface area contributed by atoms with Crippen LogP contribution in [0.4, 0.5) is 5.69 Å². The van der Waals surface area contributed by atoms with Crippen molar-refractivity contribution < 1.29 is 42.3 Å². The number of anilines is 1. The van der Waals surface area contributed by atoms with Crippen LogP contribution in [-0.2, 0) is 31.0 Å². The van der Waals surface area contributed by atoms with Gasteiger partial charge in [0, 0.05) is 30.7 Å². The predicted molar refractivity (Wildman–Crippen MR) is 161 cm³/mol. The van der Waals surface area contributed by atoms with E-state index in [1.54, 1.807) is 18.2 Å². The number of ether oxygens (including phenoxy) is 1. The molecule has 0 aliphatic carbocycles. The zero-order valence-electron chi connectivity index (χ0n) is 21.6. The van der Waals surface area contributed by atoms with E-state index in [0.717, 1.165) is 38.3 Å². The van der Waals surface area contributed by atoms with Gasteiger partial charge in [-0.05, 0) is 36.4 Å². The number of carboxylic acid groups (broad SMARTS) is 2. The van der Waals surface area contributed by atoms with Gasteiger partial charge >= 0.3 is 11.9 Å². The van der Waals surface area contributed by atoms with E-state index in [1.807, 2.05) is 29.1 Å². The monoisotopic (exact) mass is 664 g/mol. The number of thiocarbonyl (C=S) groups is 1. The average molecular weight is 665 g/mol. The molecule has 2 aliphatic rings. The van der Waals surface area contributed by atoms with Crippen molar-refractivity contribution in [2.75, 3.05) is 23.7 Å². The van der Waals surface area contributed by atoms with Crippen LogP contribution >= 0.6 is 35.3 Å². The van der Waals surface area contributed by atoms with Crippen LogP contribution < -0.4 is 24.4 Å². The topological polar surface area (TPSA) is 189 Å². The lowest BCUT2D eigenvalue weighted by atomic mass is 10.2. The Hall–Kier alpha value is -4.23. The summed E-state index contributed by atoms with van der Waals surface area (Å²) in [5, 5.41) is 18.5. The maximum absolute atomic E-state index is 13.3. The number of carbonyl (C=O) groups is 3. The molecular formula is C25H20N4O10S4. The molecule has 1 amide bonds. The van der Waals surface area contributed by atoms with Gasteiger partial charge < -0.3 is 24.4 Å². The van der Waals surface area contributed by atoms with E-state index in [9.17, 15) is 37.3 Å². The first-order valence-corrected chi connectivity index (χ1v) is 15.8. The summed E-state index contributed by atoms with van der Waals surface area (Å²) in [4.78, 5) is 51.2. The van der Waals surface area contributed by atoms with Crippen molar-refractivity contribution in [2.45, 2.75) is 6.54 Å². The Morgan fingerprint density at radius 2 is 1.72 bits per heavy atom. The van der Waals surface area contributed by atoms with E-state index in [1.165, 1.54) is 17.1 Å². The SMILES string of the molecule is O=C(O)CN1C(=O)/C(=c2\sc(=CC=C3Oc4ccc(-n5cccc5)cc4N3CCS(=O)(=O)O)c(=O)n2CC(=O)O)SC1=S. The minimum absolute atomic E-state index is 0.00886. The number of thiazole rings is 1. The molecule has 18 heteroatoms. The molecule has 0 bridgehead atoms. The number of carboxylic acids is 2. The Kier molecular flexibility index (Phi) is 8.30. The fourth-order valence-electron chi connectivity index (χ4n) is 4.24. The summed E-state index contributed by atoms with van der Waals surface area (Å²) in [6.45, 7) is -1.67. The fourth-order valence-corrected chi connectivity index (χ4v) is 7.11. The number of nitrogens with zero attached hydrogens (tertiary/aromatic N) is 4. The Balaban J connectivity index is 1.60. The van der Waals surface area contributed by atoms with E-state index >= 15 is 0 Å². The van der Waals surface area contributed by atoms with Crippen LogP contribution in [0.15, 0.2) is 59.5 Å². The van der Waals surface area contributed by atoms with Gasteiger partial charge in [0.1, 0.15) is 27.0 Å². The van der Waals surface area contributed by atoms with Crippen molar-refractivity contribution >= 4 is 84.3 Å². The van der Waals surface area contributed by atoms with Crippen LogP contribution in [0.5, 0.6) is 5.75 Å². The Bertz CT molecular complexity index is 1990.